The zero-order chi connectivity index (χ0) is 9.23. The Kier molecular flexibility index (Phi) is 8.00. The first-order chi connectivity index (χ1) is 5.77. The highest BCUT2D eigenvalue weighted by atomic mass is 28.3. The van der Waals surface area contributed by atoms with E-state index in [1.54, 1.807) is 0 Å². The maximum absolute atomic E-state index is 8.25. The van der Waals surface area contributed by atoms with Crippen molar-refractivity contribution in [1.29, 1.82) is 0 Å². The van der Waals surface area contributed by atoms with E-state index in [2.05, 4.69) is 0 Å². The molecular weight excluding hydrogens is 168 g/mol. The molecule has 1 aromatic carbocycles. The zero-order valence-corrected chi connectivity index (χ0v) is 8.50. The Hall–Kier alpha value is -0.643. The minimum Gasteiger partial charge on any atom is -0.413 e. The summed E-state index contributed by atoms with van der Waals surface area (Å²) in [6.07, 6.45) is 0.893. The maximum Gasteiger partial charge on any atom is 0.315 e. The van der Waals surface area contributed by atoms with Crippen LogP contribution in [-0.2, 0) is 0 Å². The van der Waals surface area contributed by atoms with Gasteiger partial charge in [-0.2, -0.15) is 0 Å². The molecule has 1 rings (SSSR count). The molecule has 1 aromatic rings. The monoisotopic (exact) mass is 184 g/mol. The van der Waals surface area contributed by atoms with E-state index in [-0.39, 0.29) is 0 Å². The summed E-state index contributed by atoms with van der Waals surface area (Å²) in [6.45, 7) is 1.94. The zero-order valence-electron chi connectivity index (χ0n) is 7.35. The van der Waals surface area contributed by atoms with Crippen LogP contribution in [0.25, 0.3) is 0 Å². The molecule has 2 nitrogen and oxygen atoms in total. The van der Waals surface area contributed by atoms with E-state index < -0.39 is 9.28 Å². The van der Waals surface area contributed by atoms with Crippen LogP contribution in [0.15, 0.2) is 36.4 Å². The average Bonchev–Trinajstić information content (AvgIpc) is 2.08. The Morgan fingerprint density at radius 2 is 1.25 bits per heavy atom. The minimum atomic E-state index is -2.17. The van der Waals surface area contributed by atoms with Gasteiger partial charge in [-0.3, -0.25) is 0 Å². The Balaban J connectivity index is 0.000000202. The van der Waals surface area contributed by atoms with Crippen molar-refractivity contribution in [3.63, 3.8) is 0 Å². The van der Waals surface area contributed by atoms with Crippen LogP contribution in [0.5, 0.6) is 0 Å². The summed E-state index contributed by atoms with van der Waals surface area (Å²) in [4.78, 5) is 16.5. The fourth-order valence-corrected chi connectivity index (χ4v) is 1.16. The highest BCUT2D eigenvalue weighted by molar-refractivity contribution is 6.40. The summed E-state index contributed by atoms with van der Waals surface area (Å²) in [5.41, 5.74) is 0. The van der Waals surface area contributed by atoms with Crippen molar-refractivity contribution in [2.75, 3.05) is 0 Å². The lowest BCUT2D eigenvalue weighted by atomic mass is 10.4. The van der Waals surface area contributed by atoms with Crippen molar-refractivity contribution in [1.82, 2.24) is 0 Å². The van der Waals surface area contributed by atoms with Gasteiger partial charge in [-0.15, -0.1) is 0 Å². The molecule has 0 radical (unpaired) electrons. The first kappa shape index (κ1) is 11.4. The molecule has 0 bridgehead atoms. The van der Waals surface area contributed by atoms with E-state index in [1.807, 2.05) is 43.3 Å². The Bertz CT molecular complexity index is 139. The SMILES string of the molecule is CCC[SiH](O)O.c1ccccc1. The number of hydrogen-bond acceptors (Lipinski definition) is 2. The molecule has 2 N–H and O–H groups in total. The molecule has 0 atom stereocenters. The quantitative estimate of drug-likeness (QED) is 0.680. The van der Waals surface area contributed by atoms with Crippen LogP contribution >= 0.6 is 0 Å². The summed E-state index contributed by atoms with van der Waals surface area (Å²) in [5, 5.41) is 0. The lowest BCUT2D eigenvalue weighted by Gasteiger charge is -1.91. The lowest BCUT2D eigenvalue weighted by molar-refractivity contribution is 0.404. The predicted octanol–water partition coefficient (Wildman–Crippen LogP) is 1.29. The second-order valence-corrected chi connectivity index (χ2v) is 3.96. The summed E-state index contributed by atoms with van der Waals surface area (Å²) >= 11 is 0. The van der Waals surface area contributed by atoms with Crippen molar-refractivity contribution >= 4 is 9.28 Å². The summed E-state index contributed by atoms with van der Waals surface area (Å²) in [7, 11) is -2.17. The van der Waals surface area contributed by atoms with E-state index in [9.17, 15) is 0 Å². The van der Waals surface area contributed by atoms with E-state index in [4.69, 9.17) is 9.59 Å². The van der Waals surface area contributed by atoms with Gasteiger partial charge in [-0.05, 0) is 6.04 Å². The van der Waals surface area contributed by atoms with Gasteiger partial charge in [0, 0.05) is 0 Å². The van der Waals surface area contributed by atoms with Crippen LogP contribution in [-0.4, -0.2) is 18.9 Å². The lowest BCUT2D eigenvalue weighted by Crippen LogP contribution is -2.08. The van der Waals surface area contributed by atoms with Gasteiger partial charge in [0.2, 0.25) is 0 Å². The van der Waals surface area contributed by atoms with Gasteiger partial charge >= 0.3 is 9.28 Å². The first-order valence-electron chi connectivity index (χ1n) is 4.13. The number of hydrogen-bond donors (Lipinski definition) is 2. The third-order valence-corrected chi connectivity index (χ3v) is 2.31. The van der Waals surface area contributed by atoms with Crippen LogP contribution in [0.4, 0.5) is 0 Å². The molecule has 0 aliphatic carbocycles. The van der Waals surface area contributed by atoms with Crippen molar-refractivity contribution in [2.24, 2.45) is 0 Å². The molecule has 0 unspecified atom stereocenters. The fraction of sp³-hybridized carbons (Fsp3) is 0.333. The molecule has 0 aromatic heterocycles. The van der Waals surface area contributed by atoms with Gasteiger partial charge in [0.1, 0.15) is 0 Å². The average molecular weight is 184 g/mol. The highest BCUT2D eigenvalue weighted by Crippen LogP contribution is 1.86. The summed E-state index contributed by atoms with van der Waals surface area (Å²) < 4.78 is 0. The van der Waals surface area contributed by atoms with Gasteiger partial charge in [0.05, 0.1) is 0 Å². The van der Waals surface area contributed by atoms with Crippen LogP contribution < -0.4 is 0 Å². The number of rotatable bonds is 2. The normalized spacial score (nSPS) is 9.00. The Morgan fingerprint density at radius 1 is 0.917 bits per heavy atom. The Labute approximate surface area is 75.3 Å². The van der Waals surface area contributed by atoms with Crippen LogP contribution in [0, 0.1) is 0 Å². The molecule has 12 heavy (non-hydrogen) atoms. The molecule has 0 fully saturated rings. The molecule has 0 saturated heterocycles. The molecule has 0 aliphatic heterocycles. The molecule has 0 aliphatic rings. The van der Waals surface area contributed by atoms with Crippen LogP contribution in [0.2, 0.25) is 6.04 Å². The van der Waals surface area contributed by atoms with Crippen molar-refractivity contribution in [3.05, 3.63) is 36.4 Å². The molecule has 0 amide bonds. The van der Waals surface area contributed by atoms with E-state index in [0.717, 1.165) is 6.42 Å². The minimum absolute atomic E-state index is 0.625. The topological polar surface area (TPSA) is 40.5 Å². The molecule has 0 spiro atoms. The third-order valence-electron chi connectivity index (χ3n) is 1.21. The predicted molar refractivity (Wildman–Crippen MR) is 53.1 cm³/mol. The van der Waals surface area contributed by atoms with E-state index >= 15 is 0 Å². The van der Waals surface area contributed by atoms with Gasteiger partial charge in [0.25, 0.3) is 0 Å². The van der Waals surface area contributed by atoms with Gasteiger partial charge in [-0.25, -0.2) is 0 Å². The standard InChI is InChI=1S/C6H6.C3H10O2Si/c1-2-4-6-5-3-1;1-2-3-6(4)5/h1-6H;4-6H,2-3H2,1H3. The first-order valence-corrected chi connectivity index (χ1v) is 5.98. The highest BCUT2D eigenvalue weighted by Gasteiger charge is 1.94. The third kappa shape index (κ3) is 9.36. The smallest absolute Gasteiger partial charge is 0.315 e. The van der Waals surface area contributed by atoms with Crippen LogP contribution in [0.3, 0.4) is 0 Å². The van der Waals surface area contributed by atoms with Gasteiger partial charge < -0.3 is 9.59 Å². The van der Waals surface area contributed by atoms with Gasteiger partial charge in [0.15, 0.2) is 0 Å². The second-order valence-electron chi connectivity index (χ2n) is 2.42. The molecule has 68 valence electrons. The summed E-state index contributed by atoms with van der Waals surface area (Å²) in [5.74, 6) is 0. The van der Waals surface area contributed by atoms with Crippen molar-refractivity contribution in [2.45, 2.75) is 19.4 Å². The van der Waals surface area contributed by atoms with Crippen LogP contribution in [0.1, 0.15) is 13.3 Å². The molecule has 0 heterocycles. The van der Waals surface area contributed by atoms with Crippen molar-refractivity contribution < 1.29 is 9.59 Å². The van der Waals surface area contributed by atoms with Crippen molar-refractivity contribution in [3.8, 4) is 0 Å². The molecular formula is C9H16O2Si. The largest absolute Gasteiger partial charge is 0.413 e. The summed E-state index contributed by atoms with van der Waals surface area (Å²) in [6, 6.07) is 12.6. The Morgan fingerprint density at radius 3 is 1.33 bits per heavy atom. The second kappa shape index (κ2) is 8.45. The fourth-order valence-electron chi connectivity index (χ4n) is 0.643. The van der Waals surface area contributed by atoms with E-state index in [1.165, 1.54) is 0 Å². The molecule has 3 heteroatoms. The molecule has 0 saturated carbocycles. The van der Waals surface area contributed by atoms with E-state index in [0.29, 0.717) is 6.04 Å². The van der Waals surface area contributed by atoms with Gasteiger partial charge in [-0.1, -0.05) is 49.7 Å². The number of benzene rings is 1. The maximum atomic E-state index is 8.25.